The van der Waals surface area contributed by atoms with Crippen molar-refractivity contribution >= 4 is 5.78 Å². The van der Waals surface area contributed by atoms with Gasteiger partial charge in [0.25, 0.3) is 0 Å². The molecule has 1 saturated carbocycles. The van der Waals surface area contributed by atoms with E-state index < -0.39 is 12.8 Å². The Morgan fingerprint density at radius 1 is 1.35 bits per heavy atom. The topological polar surface area (TPSA) is 78.1 Å². The van der Waals surface area contributed by atoms with E-state index >= 15 is 0 Å². The molecule has 0 aromatic carbocycles. The molecule has 1 aliphatic carbocycles. The maximum absolute atomic E-state index is 12.2. The quantitative estimate of drug-likeness (QED) is 0.798. The van der Waals surface area contributed by atoms with Crippen LogP contribution < -0.4 is 4.74 Å². The molecule has 1 fully saturated rings. The predicted molar refractivity (Wildman–Crippen MR) is 84.4 cm³/mol. The normalized spacial score (nSPS) is 21.9. The minimum atomic E-state index is -4.44. The molecule has 1 aliphatic rings. The van der Waals surface area contributed by atoms with Gasteiger partial charge in [0.1, 0.15) is 11.5 Å². The summed E-state index contributed by atoms with van der Waals surface area (Å²) in [4.78, 5) is 19.9. The summed E-state index contributed by atoms with van der Waals surface area (Å²) in [7, 11) is 0. The van der Waals surface area contributed by atoms with E-state index in [1.165, 1.54) is 12.1 Å². The van der Waals surface area contributed by atoms with Gasteiger partial charge in [-0.2, -0.15) is 18.2 Å². The lowest BCUT2D eigenvalue weighted by atomic mass is 9.53. The van der Waals surface area contributed by atoms with Crippen molar-refractivity contribution in [3.05, 3.63) is 24.1 Å². The largest absolute Gasteiger partial charge is 0.468 e. The highest BCUT2D eigenvalue weighted by atomic mass is 19.4. The number of carbonyl (C=O) groups excluding carboxylic acids is 1. The number of halogens is 3. The van der Waals surface area contributed by atoms with E-state index in [-0.39, 0.29) is 40.4 Å². The lowest BCUT2D eigenvalue weighted by Crippen LogP contribution is -2.46. The molecule has 0 spiro atoms. The van der Waals surface area contributed by atoms with Crippen LogP contribution in [0.3, 0.4) is 0 Å². The zero-order valence-electron chi connectivity index (χ0n) is 14.5. The van der Waals surface area contributed by atoms with E-state index in [9.17, 15) is 18.0 Å². The van der Waals surface area contributed by atoms with Gasteiger partial charge in [-0.15, -0.1) is 0 Å². The predicted octanol–water partition coefficient (Wildman–Crippen LogP) is 3.79. The van der Waals surface area contributed by atoms with Crippen LogP contribution in [-0.2, 0) is 4.79 Å². The van der Waals surface area contributed by atoms with Gasteiger partial charge in [0, 0.05) is 17.9 Å². The number of rotatable bonds is 5. The van der Waals surface area contributed by atoms with Crippen LogP contribution in [0.15, 0.2) is 22.7 Å². The number of aromatic nitrogens is 3. The molecule has 0 N–H and O–H groups in total. The van der Waals surface area contributed by atoms with Gasteiger partial charge >= 0.3 is 6.18 Å². The molecular weight excluding hydrogens is 351 g/mol. The maximum Gasteiger partial charge on any atom is 0.422 e. The SMILES string of the molecule is CC(=O)[C@@H]1C[C@H](c2nc(-c3cccc(OCC(F)(F)F)n3)no2)C1(C)C. The first-order chi connectivity index (χ1) is 12.1. The van der Waals surface area contributed by atoms with E-state index in [0.29, 0.717) is 12.3 Å². The van der Waals surface area contributed by atoms with Crippen LogP contribution in [0.2, 0.25) is 0 Å². The fraction of sp³-hybridized carbons (Fsp3) is 0.529. The molecule has 0 radical (unpaired) electrons. The first kappa shape index (κ1) is 18.3. The number of alkyl halides is 3. The molecule has 140 valence electrons. The van der Waals surface area contributed by atoms with Gasteiger partial charge in [0.2, 0.25) is 17.6 Å². The highest BCUT2D eigenvalue weighted by Crippen LogP contribution is 2.56. The number of carbonyl (C=O) groups is 1. The van der Waals surface area contributed by atoms with Crippen LogP contribution in [-0.4, -0.2) is 33.7 Å². The average molecular weight is 369 g/mol. The minimum Gasteiger partial charge on any atom is -0.468 e. The van der Waals surface area contributed by atoms with Crippen molar-refractivity contribution in [3.8, 4) is 17.4 Å². The van der Waals surface area contributed by atoms with Gasteiger partial charge in [0.05, 0.1) is 0 Å². The summed E-state index contributed by atoms with van der Waals surface area (Å²) in [6.07, 6.45) is -3.81. The van der Waals surface area contributed by atoms with Crippen LogP contribution >= 0.6 is 0 Å². The Kier molecular flexibility index (Phi) is 4.49. The number of ether oxygens (including phenoxy) is 1. The minimum absolute atomic E-state index is 0.0534. The molecule has 2 heterocycles. The molecule has 2 aromatic heterocycles. The standard InChI is InChI=1S/C17H18F3N3O3/c1-9(24)10-7-11(16(10,2)3)15-22-14(23-26-15)12-5-4-6-13(21-12)25-8-17(18,19)20/h4-6,10-11H,7-8H2,1-3H3/t10-,11+/m0/s1. The van der Waals surface area contributed by atoms with Crippen molar-refractivity contribution in [2.45, 2.75) is 39.3 Å². The average Bonchev–Trinajstić information content (AvgIpc) is 3.00. The molecule has 0 saturated heterocycles. The lowest BCUT2D eigenvalue weighted by molar-refractivity contribution is -0.154. The monoisotopic (exact) mass is 369 g/mol. The van der Waals surface area contributed by atoms with Crippen molar-refractivity contribution in [1.82, 2.24) is 15.1 Å². The number of pyridine rings is 1. The Morgan fingerprint density at radius 2 is 2.08 bits per heavy atom. The van der Waals surface area contributed by atoms with Crippen LogP contribution in [0, 0.1) is 11.3 Å². The number of nitrogens with zero attached hydrogens (tertiary/aromatic N) is 3. The van der Waals surface area contributed by atoms with E-state index in [1.807, 2.05) is 13.8 Å². The van der Waals surface area contributed by atoms with Gasteiger partial charge < -0.3 is 9.26 Å². The first-order valence-corrected chi connectivity index (χ1v) is 8.09. The van der Waals surface area contributed by atoms with E-state index in [0.717, 1.165) is 0 Å². The third-order valence-corrected chi connectivity index (χ3v) is 4.83. The molecule has 2 atom stereocenters. The molecule has 2 aromatic rings. The number of ketones is 1. The third-order valence-electron chi connectivity index (χ3n) is 4.83. The van der Waals surface area contributed by atoms with Gasteiger partial charge in [-0.1, -0.05) is 25.1 Å². The molecule has 26 heavy (non-hydrogen) atoms. The summed E-state index contributed by atoms with van der Waals surface area (Å²) in [5.74, 6) is 0.404. The zero-order valence-corrected chi connectivity index (χ0v) is 14.5. The zero-order chi connectivity index (χ0) is 19.1. The fourth-order valence-electron chi connectivity index (χ4n) is 3.29. The second kappa shape index (κ2) is 6.37. The molecule has 0 bridgehead atoms. The molecular formula is C17H18F3N3O3. The summed E-state index contributed by atoms with van der Waals surface area (Å²) in [5, 5.41) is 3.86. The number of hydrogen-bond acceptors (Lipinski definition) is 6. The summed E-state index contributed by atoms with van der Waals surface area (Å²) in [6, 6.07) is 4.38. The van der Waals surface area contributed by atoms with Crippen molar-refractivity contribution in [1.29, 1.82) is 0 Å². The summed E-state index contributed by atoms with van der Waals surface area (Å²) in [6.45, 7) is 4.09. The molecule has 6 nitrogen and oxygen atoms in total. The van der Waals surface area contributed by atoms with Crippen molar-refractivity contribution in [2.24, 2.45) is 11.3 Å². The Bertz CT molecular complexity index is 817. The Morgan fingerprint density at radius 3 is 2.69 bits per heavy atom. The lowest BCUT2D eigenvalue weighted by Gasteiger charge is -2.49. The molecule has 0 aliphatic heterocycles. The maximum atomic E-state index is 12.2. The molecule has 0 amide bonds. The van der Waals surface area contributed by atoms with E-state index in [1.54, 1.807) is 13.0 Å². The van der Waals surface area contributed by atoms with E-state index in [2.05, 4.69) is 19.9 Å². The van der Waals surface area contributed by atoms with Gasteiger partial charge in [-0.05, 0) is 24.8 Å². The van der Waals surface area contributed by atoms with Crippen molar-refractivity contribution in [2.75, 3.05) is 6.61 Å². The molecule has 3 rings (SSSR count). The van der Waals surface area contributed by atoms with Gasteiger partial charge in [-0.25, -0.2) is 4.98 Å². The number of Topliss-reactive ketones (excluding diaryl/α,β-unsaturated/α-hetero) is 1. The summed E-state index contributed by atoms with van der Waals surface area (Å²) in [5.41, 5.74) is -0.0410. The van der Waals surface area contributed by atoms with Crippen LogP contribution in [0.4, 0.5) is 13.2 Å². The highest BCUT2D eigenvalue weighted by molar-refractivity contribution is 5.80. The first-order valence-electron chi connectivity index (χ1n) is 8.09. The molecule has 0 unspecified atom stereocenters. The van der Waals surface area contributed by atoms with Crippen molar-refractivity contribution < 1.29 is 27.2 Å². The van der Waals surface area contributed by atoms with Crippen molar-refractivity contribution in [3.63, 3.8) is 0 Å². The second-order valence-corrected chi connectivity index (χ2v) is 6.99. The van der Waals surface area contributed by atoms with Gasteiger partial charge in [0.15, 0.2) is 6.61 Å². The van der Waals surface area contributed by atoms with Gasteiger partial charge in [-0.3, -0.25) is 4.79 Å². The van der Waals surface area contributed by atoms with Crippen LogP contribution in [0.5, 0.6) is 5.88 Å². The third kappa shape index (κ3) is 3.56. The molecule has 9 heteroatoms. The Balaban J connectivity index is 1.76. The summed E-state index contributed by atoms with van der Waals surface area (Å²) >= 11 is 0. The Labute approximate surface area is 147 Å². The fourth-order valence-corrected chi connectivity index (χ4v) is 3.29. The van der Waals surface area contributed by atoms with E-state index in [4.69, 9.17) is 4.52 Å². The highest BCUT2D eigenvalue weighted by Gasteiger charge is 2.53. The van der Waals surface area contributed by atoms with Crippen LogP contribution in [0.25, 0.3) is 11.5 Å². The Hall–Kier alpha value is -2.45. The second-order valence-electron chi connectivity index (χ2n) is 6.99. The smallest absolute Gasteiger partial charge is 0.422 e. The summed E-state index contributed by atoms with van der Waals surface area (Å²) < 4.78 is 46.7. The van der Waals surface area contributed by atoms with Crippen LogP contribution in [0.1, 0.15) is 39.0 Å². The number of hydrogen-bond donors (Lipinski definition) is 0.